The third kappa shape index (κ3) is 4.81. The topological polar surface area (TPSA) is 133 Å². The molecule has 0 bridgehead atoms. The highest BCUT2D eigenvalue weighted by atomic mass is 19.4. The second kappa shape index (κ2) is 7.96. The molecule has 10 nitrogen and oxygen atoms in total. The number of carbonyl (C=O) groups is 1. The number of nitro benzene ring substituents is 2. The van der Waals surface area contributed by atoms with Gasteiger partial charge in [-0.2, -0.15) is 18.3 Å². The maximum atomic E-state index is 13.0. The van der Waals surface area contributed by atoms with Gasteiger partial charge in [0, 0.05) is 23.7 Å². The van der Waals surface area contributed by atoms with Gasteiger partial charge >= 0.3 is 6.18 Å². The summed E-state index contributed by atoms with van der Waals surface area (Å²) in [5.74, 6) is -1.57. The Morgan fingerprint density at radius 1 is 1.23 bits per heavy atom. The van der Waals surface area contributed by atoms with Crippen molar-refractivity contribution in [2.75, 3.05) is 5.32 Å². The molecule has 0 saturated heterocycles. The number of aromatic nitrogens is 2. The monoisotopic (exact) mass is 441 g/mol. The van der Waals surface area contributed by atoms with E-state index in [1.54, 1.807) is 0 Å². The van der Waals surface area contributed by atoms with Crippen LogP contribution in [0.5, 0.6) is 0 Å². The Balaban J connectivity index is 1.81. The van der Waals surface area contributed by atoms with E-state index in [2.05, 4.69) is 10.4 Å². The molecule has 1 aliphatic carbocycles. The number of hydrogen-bond donors (Lipinski definition) is 1. The molecule has 1 N–H and O–H groups in total. The Hall–Kier alpha value is -3.51. The second-order valence-corrected chi connectivity index (χ2v) is 7.45. The van der Waals surface area contributed by atoms with Gasteiger partial charge in [-0.15, -0.1) is 0 Å². The molecule has 1 saturated carbocycles. The lowest BCUT2D eigenvalue weighted by Gasteiger charge is -2.14. The van der Waals surface area contributed by atoms with E-state index < -0.39 is 44.9 Å². The normalized spacial score (nSPS) is 14.9. The van der Waals surface area contributed by atoms with Crippen molar-refractivity contribution in [3.8, 4) is 0 Å². The fourth-order valence-electron chi connectivity index (χ4n) is 3.17. The lowest BCUT2D eigenvalue weighted by Crippen LogP contribution is -2.26. The number of halogens is 3. The minimum absolute atomic E-state index is 0.0405. The summed E-state index contributed by atoms with van der Waals surface area (Å²) in [5, 5.41) is 28.3. The first-order valence-electron chi connectivity index (χ1n) is 9.27. The maximum absolute atomic E-state index is 13.0. The first-order chi connectivity index (χ1) is 14.4. The Kier molecular flexibility index (Phi) is 5.70. The van der Waals surface area contributed by atoms with Gasteiger partial charge in [-0.3, -0.25) is 29.7 Å². The zero-order valence-corrected chi connectivity index (χ0v) is 16.5. The number of nitrogens with one attached hydrogen (secondary N) is 1. The zero-order valence-electron chi connectivity index (χ0n) is 16.5. The molecule has 1 heterocycles. The van der Waals surface area contributed by atoms with Crippen molar-refractivity contribution in [2.45, 2.75) is 45.3 Å². The second-order valence-electron chi connectivity index (χ2n) is 7.45. The van der Waals surface area contributed by atoms with E-state index in [0.29, 0.717) is 5.69 Å². The van der Waals surface area contributed by atoms with Gasteiger partial charge in [-0.25, -0.2) is 0 Å². The van der Waals surface area contributed by atoms with Crippen LogP contribution in [0.15, 0.2) is 18.2 Å². The minimum atomic E-state index is -4.61. The molecule has 3 rings (SSSR count). The number of carbonyl (C=O) groups excluding carboxylic acids is 1. The molecule has 1 amide bonds. The molecule has 13 heteroatoms. The van der Waals surface area contributed by atoms with Crippen molar-refractivity contribution >= 4 is 23.0 Å². The van der Waals surface area contributed by atoms with E-state index in [0.717, 1.165) is 35.7 Å². The molecule has 1 fully saturated rings. The molecule has 1 aromatic heterocycles. The summed E-state index contributed by atoms with van der Waals surface area (Å²) in [6.07, 6.45) is -3.14. The number of nitrogens with zero attached hydrogens (tertiary/aromatic N) is 4. The number of hydrogen-bond acceptors (Lipinski definition) is 6. The molecule has 1 atom stereocenters. The van der Waals surface area contributed by atoms with Crippen molar-refractivity contribution in [1.29, 1.82) is 0 Å². The summed E-state index contributed by atoms with van der Waals surface area (Å²) >= 11 is 0. The molecule has 31 heavy (non-hydrogen) atoms. The molecule has 1 aromatic carbocycles. The molecule has 1 unspecified atom stereocenters. The summed E-state index contributed by atoms with van der Waals surface area (Å²) in [4.78, 5) is 33.3. The number of alkyl halides is 3. The summed E-state index contributed by atoms with van der Waals surface area (Å²) in [7, 11) is 0. The van der Waals surface area contributed by atoms with Crippen LogP contribution < -0.4 is 5.32 Å². The highest BCUT2D eigenvalue weighted by Gasteiger charge is 2.38. The molecule has 0 radical (unpaired) electrons. The predicted octanol–water partition coefficient (Wildman–Crippen LogP) is 4.18. The van der Waals surface area contributed by atoms with Crippen LogP contribution in [0.4, 0.5) is 30.2 Å². The Morgan fingerprint density at radius 3 is 2.23 bits per heavy atom. The third-order valence-electron chi connectivity index (χ3n) is 5.01. The lowest BCUT2D eigenvalue weighted by molar-refractivity contribution is -0.395. The molecular formula is C18H18F3N5O5. The van der Waals surface area contributed by atoms with Crippen LogP contribution >= 0.6 is 0 Å². The molecular weight excluding hydrogens is 423 g/mol. The van der Waals surface area contributed by atoms with Gasteiger partial charge in [0.05, 0.1) is 28.0 Å². The predicted molar refractivity (Wildman–Crippen MR) is 101 cm³/mol. The van der Waals surface area contributed by atoms with Crippen LogP contribution in [-0.2, 0) is 17.5 Å². The van der Waals surface area contributed by atoms with Gasteiger partial charge in [0.25, 0.3) is 11.4 Å². The van der Waals surface area contributed by atoms with Crippen LogP contribution in [0, 0.1) is 33.1 Å². The van der Waals surface area contributed by atoms with Crippen molar-refractivity contribution in [3.05, 3.63) is 55.4 Å². The first kappa shape index (κ1) is 22.2. The highest BCUT2D eigenvalue weighted by Crippen LogP contribution is 2.42. The Labute approximate surface area is 173 Å². The van der Waals surface area contributed by atoms with Gasteiger partial charge in [0.15, 0.2) is 5.69 Å². The molecule has 0 spiro atoms. The minimum Gasteiger partial charge on any atom is -0.325 e. The van der Waals surface area contributed by atoms with Crippen molar-refractivity contribution in [1.82, 2.24) is 9.78 Å². The fraction of sp³-hybridized carbons (Fsp3) is 0.444. The number of benzene rings is 1. The third-order valence-corrected chi connectivity index (χ3v) is 5.01. The number of nitro groups is 2. The average Bonchev–Trinajstić information content (AvgIpc) is 3.41. The summed E-state index contributed by atoms with van der Waals surface area (Å²) < 4.78 is 40.2. The fourth-order valence-corrected chi connectivity index (χ4v) is 3.17. The van der Waals surface area contributed by atoms with Gasteiger partial charge in [-0.05, 0) is 25.8 Å². The number of amides is 1. The summed E-state index contributed by atoms with van der Waals surface area (Å²) in [6.45, 7) is 2.53. The molecule has 1 aliphatic rings. The van der Waals surface area contributed by atoms with Gasteiger partial charge in [-0.1, -0.05) is 6.92 Å². The quantitative estimate of drug-likeness (QED) is 0.506. The van der Waals surface area contributed by atoms with E-state index >= 15 is 0 Å². The number of rotatable bonds is 7. The van der Waals surface area contributed by atoms with E-state index in [1.165, 1.54) is 13.8 Å². The SMILES string of the molecule is Cc1c([N+](=O)[O-])cc(NC(=O)C(C)Cn2nc(C(F)(F)F)cc2C2CC2)cc1[N+](=O)[O-]. The smallest absolute Gasteiger partial charge is 0.325 e. The standard InChI is InChI=1S/C18H18F3N5O5/c1-9(8-24-15(11-3-4-11)7-16(23-24)18(19,20)21)17(27)22-12-5-13(25(28)29)10(2)14(6-12)26(30)31/h5-7,9,11H,3-4,8H2,1-2H3,(H,22,27). The van der Waals surface area contributed by atoms with Crippen molar-refractivity contribution in [3.63, 3.8) is 0 Å². The Morgan fingerprint density at radius 2 is 1.77 bits per heavy atom. The summed E-state index contributed by atoms with van der Waals surface area (Å²) in [6, 6.07) is 2.98. The Bertz CT molecular complexity index is 1030. The molecule has 0 aliphatic heterocycles. The largest absolute Gasteiger partial charge is 0.435 e. The van der Waals surface area contributed by atoms with E-state index in [9.17, 15) is 38.2 Å². The lowest BCUT2D eigenvalue weighted by atomic mass is 10.1. The summed E-state index contributed by atoms with van der Waals surface area (Å²) in [5.41, 5.74) is -2.02. The van der Waals surface area contributed by atoms with E-state index in [4.69, 9.17) is 0 Å². The van der Waals surface area contributed by atoms with Gasteiger partial charge < -0.3 is 5.32 Å². The van der Waals surface area contributed by atoms with Crippen LogP contribution in [-0.4, -0.2) is 25.5 Å². The van der Waals surface area contributed by atoms with Crippen LogP contribution in [0.3, 0.4) is 0 Å². The average molecular weight is 441 g/mol. The number of anilines is 1. The zero-order chi connectivity index (χ0) is 23.1. The highest BCUT2D eigenvalue weighted by molar-refractivity contribution is 5.93. The van der Waals surface area contributed by atoms with Crippen molar-refractivity contribution < 1.29 is 27.8 Å². The first-order valence-corrected chi connectivity index (χ1v) is 9.27. The molecule has 2 aromatic rings. The van der Waals surface area contributed by atoms with Crippen LogP contribution in [0.25, 0.3) is 0 Å². The molecule has 166 valence electrons. The van der Waals surface area contributed by atoms with Crippen LogP contribution in [0.1, 0.15) is 42.6 Å². The van der Waals surface area contributed by atoms with Crippen molar-refractivity contribution in [2.24, 2.45) is 5.92 Å². The van der Waals surface area contributed by atoms with E-state index in [-0.39, 0.29) is 23.7 Å². The maximum Gasteiger partial charge on any atom is 0.435 e. The van der Waals surface area contributed by atoms with Gasteiger partial charge in [0.2, 0.25) is 5.91 Å². The van der Waals surface area contributed by atoms with Crippen LogP contribution in [0.2, 0.25) is 0 Å². The van der Waals surface area contributed by atoms with Gasteiger partial charge in [0.1, 0.15) is 5.56 Å². The van der Waals surface area contributed by atoms with E-state index in [1.807, 2.05) is 0 Å².